The van der Waals surface area contributed by atoms with Crippen LogP contribution in [0.15, 0.2) is 48.5 Å². The molecule has 0 aliphatic heterocycles. The predicted octanol–water partition coefficient (Wildman–Crippen LogP) is 4.52. The Morgan fingerprint density at radius 3 is 1.59 bits per heavy atom. The van der Waals surface area contributed by atoms with Crippen molar-refractivity contribution in [1.29, 1.82) is 5.26 Å². The highest BCUT2D eigenvalue weighted by Gasteiger charge is 2.10. The maximum Gasteiger partial charge on any atom is 0.100 e. The smallest absolute Gasteiger partial charge is 0.100 e. The number of halogens is 1. The van der Waals surface area contributed by atoms with Crippen LogP contribution < -0.4 is 0 Å². The van der Waals surface area contributed by atoms with Crippen molar-refractivity contribution in [2.75, 3.05) is 0 Å². The quantitative estimate of drug-likeness (QED) is 0.528. The van der Waals surface area contributed by atoms with Crippen LogP contribution in [-0.2, 0) is 0 Å². The molecular formula is C15H8ClN. The molecule has 0 spiro atoms. The molecule has 1 nitrogen and oxygen atoms in total. The van der Waals surface area contributed by atoms with E-state index in [-0.39, 0.29) is 0 Å². The molecule has 80 valence electrons. The summed E-state index contributed by atoms with van der Waals surface area (Å²) in [6.07, 6.45) is 0. The highest BCUT2D eigenvalue weighted by Crippen LogP contribution is 2.35. The first kappa shape index (κ1) is 10.1. The molecule has 0 atom stereocenters. The molecular weight excluding hydrogens is 230 g/mol. The van der Waals surface area contributed by atoms with E-state index in [1.807, 2.05) is 48.5 Å². The Bertz CT molecular complexity index is 712. The number of rotatable bonds is 0. The van der Waals surface area contributed by atoms with Crippen LogP contribution >= 0.6 is 11.6 Å². The van der Waals surface area contributed by atoms with Crippen molar-refractivity contribution in [3.63, 3.8) is 0 Å². The molecule has 2 heteroatoms. The maximum atomic E-state index is 9.33. The Hall–Kier alpha value is -2.04. The van der Waals surface area contributed by atoms with E-state index in [0.717, 1.165) is 26.6 Å². The first-order valence-electron chi connectivity index (χ1n) is 5.32. The summed E-state index contributed by atoms with van der Waals surface area (Å²) in [5.41, 5.74) is 0.695. The fourth-order valence-electron chi connectivity index (χ4n) is 2.20. The SMILES string of the molecule is N#Cc1c2ccccc2c(Cl)c2ccccc12. The minimum atomic E-state index is 0.695. The van der Waals surface area contributed by atoms with Crippen molar-refractivity contribution in [1.82, 2.24) is 0 Å². The van der Waals surface area contributed by atoms with Crippen molar-refractivity contribution in [2.24, 2.45) is 0 Å². The van der Waals surface area contributed by atoms with Gasteiger partial charge in [0, 0.05) is 21.5 Å². The Kier molecular flexibility index (Phi) is 2.24. The van der Waals surface area contributed by atoms with Gasteiger partial charge in [-0.15, -0.1) is 0 Å². The molecule has 0 saturated heterocycles. The molecule has 17 heavy (non-hydrogen) atoms. The van der Waals surface area contributed by atoms with Crippen molar-refractivity contribution in [3.05, 3.63) is 59.1 Å². The highest BCUT2D eigenvalue weighted by atomic mass is 35.5. The fraction of sp³-hybridized carbons (Fsp3) is 0. The molecule has 0 heterocycles. The molecule has 3 aromatic rings. The number of nitriles is 1. The zero-order valence-corrected chi connectivity index (χ0v) is 9.70. The van der Waals surface area contributed by atoms with Crippen molar-refractivity contribution < 1.29 is 0 Å². The first-order valence-corrected chi connectivity index (χ1v) is 5.70. The van der Waals surface area contributed by atoms with Gasteiger partial charge in [0.05, 0.1) is 10.6 Å². The van der Waals surface area contributed by atoms with Gasteiger partial charge in [0.1, 0.15) is 6.07 Å². The van der Waals surface area contributed by atoms with Gasteiger partial charge < -0.3 is 0 Å². The Morgan fingerprint density at radius 1 is 0.765 bits per heavy atom. The van der Waals surface area contributed by atoms with Crippen LogP contribution in [-0.4, -0.2) is 0 Å². The van der Waals surface area contributed by atoms with Crippen LogP contribution in [0.5, 0.6) is 0 Å². The van der Waals surface area contributed by atoms with Gasteiger partial charge in [0.25, 0.3) is 0 Å². The molecule has 0 aliphatic rings. The van der Waals surface area contributed by atoms with Crippen LogP contribution in [0.25, 0.3) is 21.5 Å². The van der Waals surface area contributed by atoms with Gasteiger partial charge in [-0.25, -0.2) is 0 Å². The largest absolute Gasteiger partial charge is 0.192 e. The van der Waals surface area contributed by atoms with E-state index in [4.69, 9.17) is 11.6 Å². The third-order valence-electron chi connectivity index (χ3n) is 2.98. The van der Waals surface area contributed by atoms with Gasteiger partial charge in [0.15, 0.2) is 0 Å². The van der Waals surface area contributed by atoms with Gasteiger partial charge >= 0.3 is 0 Å². The molecule has 0 saturated carbocycles. The third kappa shape index (κ3) is 1.39. The average Bonchev–Trinajstić information content (AvgIpc) is 2.40. The molecule has 0 fully saturated rings. The lowest BCUT2D eigenvalue weighted by Gasteiger charge is -2.08. The lowest BCUT2D eigenvalue weighted by atomic mass is 9.97. The molecule has 3 rings (SSSR count). The monoisotopic (exact) mass is 237 g/mol. The Balaban J connectivity index is 2.70. The van der Waals surface area contributed by atoms with Crippen LogP contribution in [0.4, 0.5) is 0 Å². The molecule has 0 aliphatic carbocycles. The second-order valence-corrected chi connectivity index (χ2v) is 4.27. The standard InChI is InChI=1S/C15H8ClN/c16-15-12-7-3-1-5-10(12)14(9-17)11-6-2-4-8-13(11)15/h1-8H. The Labute approximate surface area is 104 Å². The van der Waals surface area contributed by atoms with E-state index in [2.05, 4.69) is 6.07 Å². The van der Waals surface area contributed by atoms with Crippen LogP contribution in [0.2, 0.25) is 5.02 Å². The average molecular weight is 238 g/mol. The van der Waals surface area contributed by atoms with Crippen molar-refractivity contribution >= 4 is 33.1 Å². The third-order valence-corrected chi connectivity index (χ3v) is 3.38. The zero-order chi connectivity index (χ0) is 11.8. The topological polar surface area (TPSA) is 23.8 Å². The van der Waals surface area contributed by atoms with Crippen molar-refractivity contribution in [3.8, 4) is 6.07 Å². The molecule has 0 amide bonds. The molecule has 0 N–H and O–H groups in total. The normalized spacial score (nSPS) is 10.6. The summed E-state index contributed by atoms with van der Waals surface area (Å²) < 4.78 is 0. The number of fused-ring (bicyclic) bond motifs is 2. The van der Waals surface area contributed by atoms with Crippen LogP contribution in [0.1, 0.15) is 5.56 Å². The van der Waals surface area contributed by atoms with E-state index >= 15 is 0 Å². The van der Waals surface area contributed by atoms with E-state index in [0.29, 0.717) is 5.56 Å². The summed E-state index contributed by atoms with van der Waals surface area (Å²) in [5, 5.41) is 13.7. The minimum Gasteiger partial charge on any atom is -0.192 e. The molecule has 0 aromatic heterocycles. The molecule has 3 aromatic carbocycles. The summed E-state index contributed by atoms with van der Waals surface area (Å²) >= 11 is 6.39. The second kappa shape index (κ2) is 3.76. The van der Waals surface area contributed by atoms with E-state index < -0.39 is 0 Å². The van der Waals surface area contributed by atoms with Gasteiger partial charge in [-0.05, 0) is 0 Å². The number of hydrogen-bond donors (Lipinski definition) is 0. The highest BCUT2D eigenvalue weighted by molar-refractivity contribution is 6.41. The van der Waals surface area contributed by atoms with E-state index in [9.17, 15) is 5.26 Å². The van der Waals surface area contributed by atoms with Crippen LogP contribution in [0.3, 0.4) is 0 Å². The van der Waals surface area contributed by atoms with Gasteiger partial charge in [-0.3, -0.25) is 0 Å². The maximum absolute atomic E-state index is 9.33. The lowest BCUT2D eigenvalue weighted by Crippen LogP contribution is -1.85. The number of nitrogens with zero attached hydrogens (tertiary/aromatic N) is 1. The van der Waals surface area contributed by atoms with Gasteiger partial charge in [0.2, 0.25) is 0 Å². The molecule has 0 radical (unpaired) electrons. The second-order valence-electron chi connectivity index (χ2n) is 3.89. The first-order chi connectivity index (χ1) is 8.33. The summed E-state index contributed by atoms with van der Waals surface area (Å²) in [4.78, 5) is 0. The van der Waals surface area contributed by atoms with E-state index in [1.165, 1.54) is 0 Å². The van der Waals surface area contributed by atoms with E-state index in [1.54, 1.807) is 0 Å². The summed E-state index contributed by atoms with van der Waals surface area (Å²) in [5.74, 6) is 0. The summed E-state index contributed by atoms with van der Waals surface area (Å²) in [6.45, 7) is 0. The number of hydrogen-bond acceptors (Lipinski definition) is 1. The predicted molar refractivity (Wildman–Crippen MR) is 71.2 cm³/mol. The molecule has 0 unspecified atom stereocenters. The molecule has 0 bridgehead atoms. The summed E-state index contributed by atoms with van der Waals surface area (Å²) in [7, 11) is 0. The van der Waals surface area contributed by atoms with Crippen molar-refractivity contribution in [2.45, 2.75) is 0 Å². The van der Waals surface area contributed by atoms with Crippen LogP contribution in [0, 0.1) is 11.3 Å². The fourth-order valence-corrected chi connectivity index (χ4v) is 2.53. The Morgan fingerprint density at radius 2 is 1.18 bits per heavy atom. The van der Waals surface area contributed by atoms with Gasteiger partial charge in [-0.2, -0.15) is 5.26 Å². The number of benzene rings is 3. The minimum absolute atomic E-state index is 0.695. The summed E-state index contributed by atoms with van der Waals surface area (Å²) in [6, 6.07) is 17.8. The van der Waals surface area contributed by atoms with Gasteiger partial charge in [-0.1, -0.05) is 60.1 Å². The lowest BCUT2D eigenvalue weighted by molar-refractivity contribution is 1.52. The zero-order valence-electron chi connectivity index (χ0n) is 8.94.